The minimum absolute atomic E-state index is 0.0153. The van der Waals surface area contributed by atoms with E-state index in [4.69, 9.17) is 0 Å². The van der Waals surface area contributed by atoms with Gasteiger partial charge in [-0.2, -0.15) is 13.2 Å². The van der Waals surface area contributed by atoms with Crippen molar-refractivity contribution >= 4 is 22.0 Å². The Kier molecular flexibility index (Phi) is 4.98. The van der Waals surface area contributed by atoms with Crippen molar-refractivity contribution in [1.82, 2.24) is 19.5 Å². The first-order chi connectivity index (χ1) is 12.9. The molecule has 150 valence electrons. The van der Waals surface area contributed by atoms with Gasteiger partial charge < -0.3 is 4.57 Å². The van der Waals surface area contributed by atoms with Crippen molar-refractivity contribution < 1.29 is 26.2 Å². The van der Waals surface area contributed by atoms with Crippen molar-refractivity contribution in [1.29, 1.82) is 0 Å². The molecule has 0 spiro atoms. The Bertz CT molecular complexity index is 1070. The molecule has 0 saturated carbocycles. The van der Waals surface area contributed by atoms with Crippen LogP contribution in [0.2, 0.25) is 0 Å². The molecule has 0 aliphatic rings. The fourth-order valence-corrected chi connectivity index (χ4v) is 3.55. The number of pyridine rings is 2. The molecule has 1 atom stereocenters. The zero-order valence-corrected chi connectivity index (χ0v) is 15.8. The summed E-state index contributed by atoms with van der Waals surface area (Å²) >= 11 is 0. The highest BCUT2D eigenvalue weighted by Crippen LogP contribution is 2.34. The third kappa shape index (κ3) is 3.62. The highest BCUT2D eigenvalue weighted by molar-refractivity contribution is 7.85. The number of hydrogen-bond donors (Lipinski definition) is 0. The minimum Gasteiger partial charge on any atom is -0.310 e. The molecular weight excluding hydrogens is 403 g/mol. The number of fused-ring (bicyclic) bond motifs is 1. The maximum Gasteiger partial charge on any atom is 0.417 e. The Morgan fingerprint density at radius 1 is 1.07 bits per heavy atom. The van der Waals surface area contributed by atoms with E-state index >= 15 is 0 Å². The number of rotatable bonds is 4. The van der Waals surface area contributed by atoms with Crippen molar-refractivity contribution in [3.8, 4) is 11.5 Å². The zero-order valence-electron chi connectivity index (χ0n) is 15.0. The molecule has 28 heavy (non-hydrogen) atoms. The Balaban J connectivity index is 2.24. The van der Waals surface area contributed by atoms with Crippen molar-refractivity contribution in [2.24, 2.45) is 7.05 Å². The Morgan fingerprint density at radius 3 is 2.29 bits per heavy atom. The number of nitrogens with zero attached hydrogens (tertiary/aromatic N) is 4. The van der Waals surface area contributed by atoms with Gasteiger partial charge in [0, 0.05) is 37.7 Å². The van der Waals surface area contributed by atoms with Gasteiger partial charge >= 0.3 is 6.18 Å². The van der Waals surface area contributed by atoms with Gasteiger partial charge in [0.05, 0.1) is 21.3 Å². The first-order valence-electron chi connectivity index (χ1n) is 8.10. The summed E-state index contributed by atoms with van der Waals surface area (Å²) in [6.45, 7) is 2.28. The molecule has 0 radical (unpaired) electrons. The van der Waals surface area contributed by atoms with Crippen LogP contribution in [-0.4, -0.2) is 29.5 Å². The summed E-state index contributed by atoms with van der Waals surface area (Å²) in [5, 5.41) is 0. The second kappa shape index (κ2) is 6.87. The highest BCUT2D eigenvalue weighted by atomic mass is 32.2. The molecule has 3 aromatic heterocycles. The fourth-order valence-electron chi connectivity index (χ4n) is 2.62. The molecule has 11 heteroatoms. The predicted molar refractivity (Wildman–Crippen MR) is 93.3 cm³/mol. The molecule has 0 amide bonds. The lowest BCUT2D eigenvalue weighted by molar-refractivity contribution is -0.138. The van der Waals surface area contributed by atoms with Gasteiger partial charge in [0.1, 0.15) is 11.2 Å². The van der Waals surface area contributed by atoms with Gasteiger partial charge in [-0.3, -0.25) is 9.19 Å². The van der Waals surface area contributed by atoms with Gasteiger partial charge in [-0.05, 0) is 12.1 Å². The number of alkyl halides is 5. The van der Waals surface area contributed by atoms with Crippen LogP contribution in [0.4, 0.5) is 22.0 Å². The van der Waals surface area contributed by atoms with E-state index < -0.39 is 28.5 Å². The van der Waals surface area contributed by atoms with Gasteiger partial charge in [-0.15, -0.1) is 0 Å². The first-order valence-corrected chi connectivity index (χ1v) is 9.42. The third-order valence-electron chi connectivity index (χ3n) is 4.12. The third-order valence-corrected chi connectivity index (χ3v) is 5.44. The van der Waals surface area contributed by atoms with Gasteiger partial charge in [-0.25, -0.2) is 18.7 Å². The van der Waals surface area contributed by atoms with Gasteiger partial charge in [-0.1, -0.05) is 6.92 Å². The Morgan fingerprint density at radius 2 is 1.71 bits per heavy atom. The van der Waals surface area contributed by atoms with Crippen molar-refractivity contribution in [3.63, 3.8) is 0 Å². The van der Waals surface area contributed by atoms with Crippen molar-refractivity contribution in [3.05, 3.63) is 35.7 Å². The zero-order chi connectivity index (χ0) is 20.9. The topological polar surface area (TPSA) is 60.7 Å². The van der Waals surface area contributed by atoms with Crippen LogP contribution in [-0.2, 0) is 29.9 Å². The normalized spacial score (nSPS) is 13.9. The lowest BCUT2D eigenvalue weighted by Crippen LogP contribution is -2.10. The van der Waals surface area contributed by atoms with E-state index in [-0.39, 0.29) is 38.9 Å². The molecular formula is C17H15F5N4OS. The molecule has 3 aromatic rings. The summed E-state index contributed by atoms with van der Waals surface area (Å²) in [7, 11) is -0.225. The van der Waals surface area contributed by atoms with Crippen molar-refractivity contribution in [2.45, 2.75) is 30.8 Å². The average Bonchev–Trinajstić information content (AvgIpc) is 2.95. The minimum atomic E-state index is -4.65. The Labute approximate surface area is 159 Å². The van der Waals surface area contributed by atoms with Crippen LogP contribution in [0.3, 0.4) is 0 Å². The second-order valence-corrected chi connectivity index (χ2v) is 7.86. The first kappa shape index (κ1) is 20.3. The van der Waals surface area contributed by atoms with Crippen LogP contribution in [0.15, 0.2) is 29.4 Å². The SMILES string of the molecule is CCS(=O)c1cc(C(F)(F)F)cnc1-c1nc2cc(C(C)(F)F)cnc2n1C. The lowest BCUT2D eigenvalue weighted by atomic mass is 10.2. The summed E-state index contributed by atoms with van der Waals surface area (Å²) < 4.78 is 80.0. The molecule has 0 aliphatic heterocycles. The maximum atomic E-state index is 13.6. The monoisotopic (exact) mass is 418 g/mol. The van der Waals surface area contributed by atoms with Crippen LogP contribution in [0.5, 0.6) is 0 Å². The molecule has 3 rings (SSSR count). The molecule has 3 heterocycles. The highest BCUT2D eigenvalue weighted by Gasteiger charge is 2.33. The number of halogens is 5. The van der Waals surface area contributed by atoms with Crippen molar-refractivity contribution in [2.75, 3.05) is 5.75 Å². The predicted octanol–water partition coefficient (Wildman–Crippen LogP) is 4.29. The molecule has 0 aliphatic carbocycles. The van der Waals surface area contributed by atoms with E-state index in [1.54, 1.807) is 6.92 Å². The molecule has 0 saturated heterocycles. The number of aryl methyl sites for hydroxylation is 1. The van der Waals surface area contributed by atoms with E-state index in [0.29, 0.717) is 6.20 Å². The molecule has 0 aromatic carbocycles. The van der Waals surface area contributed by atoms with Crippen LogP contribution < -0.4 is 0 Å². The maximum absolute atomic E-state index is 13.6. The largest absolute Gasteiger partial charge is 0.417 e. The molecule has 0 fully saturated rings. The smallest absolute Gasteiger partial charge is 0.310 e. The quantitative estimate of drug-likeness (QED) is 0.593. The molecule has 0 bridgehead atoms. The second-order valence-electron chi connectivity index (χ2n) is 6.15. The number of hydrogen-bond acceptors (Lipinski definition) is 4. The fraction of sp³-hybridized carbons (Fsp3) is 0.353. The molecule has 0 N–H and O–H groups in total. The van der Waals surface area contributed by atoms with E-state index in [1.807, 2.05) is 0 Å². The van der Waals surface area contributed by atoms with Gasteiger partial charge in [0.25, 0.3) is 5.92 Å². The van der Waals surface area contributed by atoms with Crippen LogP contribution in [0, 0.1) is 0 Å². The van der Waals surface area contributed by atoms with Crippen LogP contribution in [0.1, 0.15) is 25.0 Å². The standard InChI is InChI=1S/C17H15F5N4OS/c1-4-28(27)12-6-10(17(20,21)22)8-23-13(12)15-25-11-5-9(16(2,18)19)7-24-14(11)26(15)3/h5-8H,4H2,1-3H3. The van der Waals surface area contributed by atoms with Crippen LogP contribution in [0.25, 0.3) is 22.7 Å². The number of aromatic nitrogens is 4. The molecule has 1 unspecified atom stereocenters. The Hall–Kier alpha value is -2.43. The van der Waals surface area contributed by atoms with Gasteiger partial charge in [0.2, 0.25) is 0 Å². The summed E-state index contributed by atoms with van der Waals surface area (Å²) in [6.07, 6.45) is -3.00. The van der Waals surface area contributed by atoms with E-state index in [1.165, 1.54) is 11.6 Å². The summed E-state index contributed by atoms with van der Waals surface area (Å²) in [6, 6.07) is 1.94. The molecule has 5 nitrogen and oxygen atoms in total. The van der Waals surface area contributed by atoms with E-state index in [0.717, 1.165) is 25.3 Å². The summed E-state index contributed by atoms with van der Waals surface area (Å²) in [4.78, 5) is 11.9. The summed E-state index contributed by atoms with van der Waals surface area (Å²) in [5.74, 6) is -2.96. The number of imidazole rings is 1. The van der Waals surface area contributed by atoms with E-state index in [9.17, 15) is 26.2 Å². The lowest BCUT2D eigenvalue weighted by Gasteiger charge is -2.12. The van der Waals surface area contributed by atoms with Crippen LogP contribution >= 0.6 is 0 Å². The average molecular weight is 418 g/mol. The van der Waals surface area contributed by atoms with E-state index in [2.05, 4.69) is 15.0 Å². The van der Waals surface area contributed by atoms with Gasteiger partial charge in [0.15, 0.2) is 11.5 Å². The summed E-state index contributed by atoms with van der Waals surface area (Å²) in [5.41, 5.74) is -1.01.